The van der Waals surface area contributed by atoms with Crippen molar-refractivity contribution in [1.82, 2.24) is 15.5 Å². The van der Waals surface area contributed by atoms with Crippen molar-refractivity contribution in [3.8, 4) is 0 Å². The van der Waals surface area contributed by atoms with Gasteiger partial charge in [-0.2, -0.15) is 0 Å². The summed E-state index contributed by atoms with van der Waals surface area (Å²) in [6.07, 6.45) is 4.73. The maximum Gasteiger partial charge on any atom is 0.261 e. The van der Waals surface area contributed by atoms with Gasteiger partial charge in [-0.15, -0.1) is 11.3 Å². The van der Waals surface area contributed by atoms with Gasteiger partial charge in [-0.05, 0) is 63.1 Å². The smallest absolute Gasteiger partial charge is 0.261 e. The minimum atomic E-state index is -0.512. The number of thiophene rings is 1. The molecule has 2 rings (SSSR count). The van der Waals surface area contributed by atoms with Gasteiger partial charge in [0.05, 0.1) is 4.88 Å². The molecule has 0 radical (unpaired) electrons. The molecule has 6 heteroatoms. The fraction of sp³-hybridized carbons (Fsp3) is 0.667. The van der Waals surface area contributed by atoms with Gasteiger partial charge in [0.1, 0.15) is 6.04 Å². The highest BCUT2D eigenvalue weighted by molar-refractivity contribution is 7.12. The molecule has 2 unspecified atom stereocenters. The molecule has 0 bridgehead atoms. The summed E-state index contributed by atoms with van der Waals surface area (Å²) in [6, 6.07) is 3.07. The van der Waals surface area contributed by atoms with E-state index in [1.54, 1.807) is 13.0 Å². The van der Waals surface area contributed by atoms with E-state index < -0.39 is 6.04 Å². The van der Waals surface area contributed by atoms with Crippen molar-refractivity contribution in [1.29, 1.82) is 0 Å². The number of rotatable bonds is 8. The second kappa shape index (κ2) is 9.79. The molecule has 1 aromatic rings. The van der Waals surface area contributed by atoms with Gasteiger partial charge in [0, 0.05) is 13.1 Å². The SMILES string of the molecule is CC1CCCN(CCCCNC(=O)C(C)NC(=O)c2cccs2)C1. The maximum absolute atomic E-state index is 12.0. The first-order valence-electron chi connectivity index (χ1n) is 8.90. The van der Waals surface area contributed by atoms with Crippen LogP contribution in [0.5, 0.6) is 0 Å². The summed E-state index contributed by atoms with van der Waals surface area (Å²) in [5, 5.41) is 7.49. The van der Waals surface area contributed by atoms with Gasteiger partial charge in [-0.25, -0.2) is 0 Å². The lowest BCUT2D eigenvalue weighted by Crippen LogP contribution is -2.45. The molecule has 1 aromatic heterocycles. The third-order valence-corrected chi connectivity index (χ3v) is 5.30. The number of unbranched alkanes of at least 4 members (excludes halogenated alkanes) is 1. The van der Waals surface area contributed by atoms with Crippen molar-refractivity contribution in [3.63, 3.8) is 0 Å². The number of carbonyl (C=O) groups excluding carboxylic acids is 2. The molecule has 1 aliphatic rings. The predicted molar refractivity (Wildman–Crippen MR) is 98.3 cm³/mol. The Kier molecular flexibility index (Phi) is 7.72. The van der Waals surface area contributed by atoms with Crippen molar-refractivity contribution in [2.45, 2.75) is 45.6 Å². The van der Waals surface area contributed by atoms with Crippen molar-refractivity contribution >= 4 is 23.2 Å². The number of nitrogens with one attached hydrogen (secondary N) is 2. The number of piperidine rings is 1. The maximum atomic E-state index is 12.0. The normalized spacial score (nSPS) is 19.7. The zero-order valence-electron chi connectivity index (χ0n) is 14.7. The minimum absolute atomic E-state index is 0.119. The van der Waals surface area contributed by atoms with Crippen molar-refractivity contribution in [2.75, 3.05) is 26.2 Å². The molecule has 2 amide bonds. The Morgan fingerprint density at radius 3 is 2.96 bits per heavy atom. The molecule has 24 heavy (non-hydrogen) atoms. The van der Waals surface area contributed by atoms with E-state index in [1.165, 1.54) is 37.3 Å². The van der Waals surface area contributed by atoms with E-state index in [-0.39, 0.29) is 11.8 Å². The first-order valence-corrected chi connectivity index (χ1v) is 9.78. The van der Waals surface area contributed by atoms with Gasteiger partial charge in [-0.3, -0.25) is 9.59 Å². The van der Waals surface area contributed by atoms with Crippen LogP contribution in [0, 0.1) is 5.92 Å². The van der Waals surface area contributed by atoms with Crippen LogP contribution in [-0.4, -0.2) is 48.9 Å². The molecule has 0 spiro atoms. The molecule has 0 aliphatic carbocycles. The molecule has 134 valence electrons. The van der Waals surface area contributed by atoms with E-state index in [0.29, 0.717) is 11.4 Å². The zero-order valence-corrected chi connectivity index (χ0v) is 15.5. The number of amides is 2. The third-order valence-electron chi connectivity index (χ3n) is 4.43. The Morgan fingerprint density at radius 1 is 1.42 bits per heavy atom. The predicted octanol–water partition coefficient (Wildman–Crippen LogP) is 2.49. The molecule has 1 fully saturated rings. The summed E-state index contributed by atoms with van der Waals surface area (Å²) in [7, 11) is 0. The molecule has 2 N–H and O–H groups in total. The largest absolute Gasteiger partial charge is 0.354 e. The van der Waals surface area contributed by atoms with Crippen LogP contribution in [0.2, 0.25) is 0 Å². The Bertz CT molecular complexity index is 518. The Hall–Kier alpha value is -1.40. The minimum Gasteiger partial charge on any atom is -0.354 e. The molecule has 0 aromatic carbocycles. The number of hydrogen-bond acceptors (Lipinski definition) is 4. The molecule has 2 atom stereocenters. The van der Waals surface area contributed by atoms with Crippen LogP contribution in [0.15, 0.2) is 17.5 Å². The number of hydrogen-bond donors (Lipinski definition) is 2. The first kappa shape index (κ1) is 18.9. The molecular weight excluding hydrogens is 322 g/mol. The first-order chi connectivity index (χ1) is 11.6. The summed E-state index contributed by atoms with van der Waals surface area (Å²) in [5.41, 5.74) is 0. The lowest BCUT2D eigenvalue weighted by atomic mass is 10.0. The Morgan fingerprint density at radius 2 is 2.25 bits per heavy atom. The number of nitrogens with zero attached hydrogens (tertiary/aromatic N) is 1. The molecule has 2 heterocycles. The highest BCUT2D eigenvalue weighted by atomic mass is 32.1. The van der Waals surface area contributed by atoms with Crippen LogP contribution >= 0.6 is 11.3 Å². The van der Waals surface area contributed by atoms with Gasteiger partial charge in [0.2, 0.25) is 5.91 Å². The van der Waals surface area contributed by atoms with E-state index in [4.69, 9.17) is 0 Å². The van der Waals surface area contributed by atoms with Gasteiger partial charge in [0.15, 0.2) is 0 Å². The van der Waals surface area contributed by atoms with E-state index >= 15 is 0 Å². The van der Waals surface area contributed by atoms with Gasteiger partial charge in [0.25, 0.3) is 5.91 Å². The fourth-order valence-corrected chi connectivity index (χ4v) is 3.68. The van der Waals surface area contributed by atoms with E-state index in [0.717, 1.165) is 25.3 Å². The number of carbonyl (C=O) groups is 2. The van der Waals surface area contributed by atoms with Gasteiger partial charge >= 0.3 is 0 Å². The summed E-state index contributed by atoms with van der Waals surface area (Å²) < 4.78 is 0. The summed E-state index contributed by atoms with van der Waals surface area (Å²) in [4.78, 5) is 27.1. The molecule has 0 saturated carbocycles. The van der Waals surface area contributed by atoms with E-state index in [2.05, 4.69) is 22.5 Å². The zero-order chi connectivity index (χ0) is 17.4. The quantitative estimate of drug-likeness (QED) is 0.708. The van der Waals surface area contributed by atoms with Crippen LogP contribution in [0.1, 0.15) is 49.2 Å². The van der Waals surface area contributed by atoms with Crippen LogP contribution in [0.4, 0.5) is 0 Å². The van der Waals surface area contributed by atoms with Crippen LogP contribution in [0.25, 0.3) is 0 Å². The average molecular weight is 352 g/mol. The number of likely N-dealkylation sites (tertiary alicyclic amines) is 1. The lowest BCUT2D eigenvalue weighted by molar-refractivity contribution is -0.122. The standard InChI is InChI=1S/C18H29N3O2S/c1-14-7-5-11-21(13-14)10-4-3-9-19-17(22)15(2)20-18(23)16-8-6-12-24-16/h6,8,12,14-15H,3-5,7,9-11,13H2,1-2H3,(H,19,22)(H,20,23). The highest BCUT2D eigenvalue weighted by Crippen LogP contribution is 2.15. The molecular formula is C18H29N3O2S. The average Bonchev–Trinajstić information content (AvgIpc) is 3.09. The van der Waals surface area contributed by atoms with E-state index in [9.17, 15) is 9.59 Å². The van der Waals surface area contributed by atoms with Crippen molar-refractivity contribution < 1.29 is 9.59 Å². The van der Waals surface area contributed by atoms with Crippen LogP contribution < -0.4 is 10.6 Å². The second-order valence-electron chi connectivity index (χ2n) is 6.72. The molecule has 1 saturated heterocycles. The van der Waals surface area contributed by atoms with E-state index in [1.807, 2.05) is 11.4 Å². The summed E-state index contributed by atoms with van der Waals surface area (Å²) in [5.74, 6) is 0.504. The fourth-order valence-electron chi connectivity index (χ4n) is 3.06. The van der Waals surface area contributed by atoms with Gasteiger partial charge < -0.3 is 15.5 Å². The monoisotopic (exact) mass is 351 g/mol. The van der Waals surface area contributed by atoms with Crippen LogP contribution in [-0.2, 0) is 4.79 Å². The topological polar surface area (TPSA) is 61.4 Å². The highest BCUT2D eigenvalue weighted by Gasteiger charge is 2.17. The van der Waals surface area contributed by atoms with Crippen molar-refractivity contribution in [3.05, 3.63) is 22.4 Å². The molecule has 1 aliphatic heterocycles. The Balaban J connectivity index is 1.56. The third kappa shape index (κ3) is 6.24. The molecule has 5 nitrogen and oxygen atoms in total. The van der Waals surface area contributed by atoms with Crippen LogP contribution in [0.3, 0.4) is 0 Å². The summed E-state index contributed by atoms with van der Waals surface area (Å²) >= 11 is 1.37. The van der Waals surface area contributed by atoms with Crippen molar-refractivity contribution in [2.24, 2.45) is 5.92 Å². The Labute approximate surface area is 148 Å². The summed E-state index contributed by atoms with van der Waals surface area (Å²) in [6.45, 7) is 8.24. The second-order valence-corrected chi connectivity index (χ2v) is 7.67. The van der Waals surface area contributed by atoms with Gasteiger partial charge in [-0.1, -0.05) is 13.0 Å². The lowest BCUT2D eigenvalue weighted by Gasteiger charge is -2.30.